The number of rotatable bonds is 5. The zero-order valence-corrected chi connectivity index (χ0v) is 17.2. The number of imidazole rings is 1. The van der Waals surface area contributed by atoms with Crippen LogP contribution < -0.4 is 9.46 Å². The van der Waals surface area contributed by atoms with E-state index in [0.29, 0.717) is 11.4 Å². The second-order valence-corrected chi connectivity index (χ2v) is 8.54. The average molecular weight is 407 g/mol. The van der Waals surface area contributed by atoms with Gasteiger partial charge in [0.05, 0.1) is 17.7 Å². The summed E-state index contributed by atoms with van der Waals surface area (Å²) in [5.74, 6) is 0.649. The molecular formula is C22H21N3O3S. The first-order chi connectivity index (χ1) is 13.9. The number of nitrogens with zero attached hydrogens (tertiary/aromatic N) is 2. The van der Waals surface area contributed by atoms with Gasteiger partial charge in [-0.1, -0.05) is 18.2 Å². The molecule has 2 aromatic carbocycles. The van der Waals surface area contributed by atoms with E-state index in [-0.39, 0.29) is 4.90 Å². The average Bonchev–Trinajstić information content (AvgIpc) is 3.14. The number of aromatic nitrogens is 2. The normalized spacial score (nSPS) is 11.6. The highest BCUT2D eigenvalue weighted by Gasteiger charge is 2.16. The Kier molecular flexibility index (Phi) is 4.76. The number of aryl methyl sites for hydroxylation is 2. The lowest BCUT2D eigenvalue weighted by atomic mass is 10.1. The van der Waals surface area contributed by atoms with Crippen molar-refractivity contribution in [3.05, 3.63) is 78.1 Å². The molecule has 2 aromatic heterocycles. The molecule has 0 fully saturated rings. The Labute approximate surface area is 169 Å². The Bertz CT molecular complexity index is 1290. The maximum atomic E-state index is 12.7. The quantitative estimate of drug-likeness (QED) is 0.531. The lowest BCUT2D eigenvalue weighted by Crippen LogP contribution is -2.13. The number of benzene rings is 2. The smallest absolute Gasteiger partial charge is 0.261 e. The number of ether oxygens (including phenoxy) is 1. The molecule has 0 aliphatic carbocycles. The van der Waals surface area contributed by atoms with Crippen molar-refractivity contribution >= 4 is 21.4 Å². The Morgan fingerprint density at radius 2 is 1.76 bits per heavy atom. The van der Waals surface area contributed by atoms with E-state index in [1.165, 1.54) is 6.07 Å². The van der Waals surface area contributed by atoms with Gasteiger partial charge in [-0.25, -0.2) is 13.4 Å². The molecular weight excluding hydrogens is 386 g/mol. The molecule has 4 rings (SSSR count). The highest BCUT2D eigenvalue weighted by Crippen LogP contribution is 2.25. The molecule has 0 amide bonds. The van der Waals surface area contributed by atoms with Gasteiger partial charge in [-0.15, -0.1) is 0 Å². The molecule has 0 atom stereocenters. The van der Waals surface area contributed by atoms with Crippen molar-refractivity contribution in [1.29, 1.82) is 0 Å². The van der Waals surface area contributed by atoms with Crippen LogP contribution in [0.2, 0.25) is 0 Å². The zero-order valence-electron chi connectivity index (χ0n) is 16.4. The number of fused-ring (bicyclic) bond motifs is 1. The molecule has 0 radical (unpaired) electrons. The van der Waals surface area contributed by atoms with E-state index in [9.17, 15) is 8.42 Å². The molecule has 6 nitrogen and oxygen atoms in total. The van der Waals surface area contributed by atoms with Crippen LogP contribution in [0.1, 0.15) is 11.1 Å². The Morgan fingerprint density at radius 1 is 1.00 bits per heavy atom. The van der Waals surface area contributed by atoms with Gasteiger partial charge in [0.15, 0.2) is 0 Å². The van der Waals surface area contributed by atoms with Crippen LogP contribution in [0.3, 0.4) is 0 Å². The molecule has 0 saturated carbocycles. The highest BCUT2D eigenvalue weighted by atomic mass is 32.2. The van der Waals surface area contributed by atoms with Gasteiger partial charge in [-0.05, 0) is 61.4 Å². The molecule has 0 unspecified atom stereocenters. The minimum Gasteiger partial charge on any atom is -0.496 e. The van der Waals surface area contributed by atoms with Gasteiger partial charge in [0.25, 0.3) is 10.0 Å². The van der Waals surface area contributed by atoms with Crippen LogP contribution >= 0.6 is 0 Å². The summed E-state index contributed by atoms with van der Waals surface area (Å²) in [5.41, 5.74) is 4.99. The summed E-state index contributed by atoms with van der Waals surface area (Å²) in [7, 11) is -2.13. The summed E-state index contributed by atoms with van der Waals surface area (Å²) in [4.78, 5) is 4.86. The molecule has 2 heterocycles. The molecule has 148 valence electrons. The standard InChI is InChI=1S/C22H21N3O3S/c1-15-5-4-12-25-14-20(23-22(15)25)17-6-8-18(9-7-17)24-29(26,27)19-10-11-21(28-3)16(2)13-19/h4-14,24H,1-3H3. The van der Waals surface area contributed by atoms with Crippen LogP contribution in [0.5, 0.6) is 5.75 Å². The van der Waals surface area contributed by atoms with E-state index in [0.717, 1.165) is 28.0 Å². The third-order valence-corrected chi connectivity index (χ3v) is 6.17. The number of pyridine rings is 1. The van der Waals surface area contributed by atoms with E-state index in [1.807, 2.05) is 54.9 Å². The molecule has 0 aliphatic heterocycles. The van der Waals surface area contributed by atoms with E-state index < -0.39 is 10.0 Å². The van der Waals surface area contributed by atoms with Crippen LogP contribution in [0, 0.1) is 13.8 Å². The first kappa shape index (κ1) is 19.0. The van der Waals surface area contributed by atoms with Gasteiger partial charge >= 0.3 is 0 Å². The fraction of sp³-hybridized carbons (Fsp3) is 0.136. The Morgan fingerprint density at radius 3 is 2.41 bits per heavy atom. The lowest BCUT2D eigenvalue weighted by Gasteiger charge is -2.11. The van der Waals surface area contributed by atoms with Gasteiger partial charge in [0.2, 0.25) is 0 Å². The van der Waals surface area contributed by atoms with Crippen molar-refractivity contribution in [1.82, 2.24) is 9.38 Å². The molecule has 7 heteroatoms. The third-order valence-electron chi connectivity index (χ3n) is 4.79. The monoisotopic (exact) mass is 407 g/mol. The topological polar surface area (TPSA) is 72.7 Å². The maximum absolute atomic E-state index is 12.7. The fourth-order valence-electron chi connectivity index (χ4n) is 3.23. The highest BCUT2D eigenvalue weighted by molar-refractivity contribution is 7.92. The van der Waals surface area contributed by atoms with Crippen LogP contribution in [-0.2, 0) is 10.0 Å². The lowest BCUT2D eigenvalue weighted by molar-refractivity contribution is 0.411. The molecule has 4 aromatic rings. The van der Waals surface area contributed by atoms with Crippen molar-refractivity contribution in [2.24, 2.45) is 0 Å². The minimum atomic E-state index is -3.69. The van der Waals surface area contributed by atoms with Gasteiger partial charge in [-0.2, -0.15) is 0 Å². The summed E-state index contributed by atoms with van der Waals surface area (Å²) in [6.07, 6.45) is 3.92. The second-order valence-electron chi connectivity index (χ2n) is 6.86. The number of sulfonamides is 1. The van der Waals surface area contributed by atoms with Crippen molar-refractivity contribution in [2.75, 3.05) is 11.8 Å². The largest absolute Gasteiger partial charge is 0.496 e. The number of nitrogens with one attached hydrogen (secondary N) is 1. The Balaban J connectivity index is 1.59. The van der Waals surface area contributed by atoms with Gasteiger partial charge in [0, 0.05) is 23.6 Å². The molecule has 0 spiro atoms. The zero-order chi connectivity index (χ0) is 20.6. The number of hydrogen-bond acceptors (Lipinski definition) is 4. The van der Waals surface area contributed by atoms with Crippen LogP contribution in [-0.4, -0.2) is 24.9 Å². The first-order valence-electron chi connectivity index (χ1n) is 9.09. The number of anilines is 1. The summed E-state index contributed by atoms with van der Waals surface area (Å²) in [6.45, 7) is 3.83. The molecule has 0 bridgehead atoms. The van der Waals surface area contributed by atoms with Gasteiger partial charge in [0.1, 0.15) is 11.4 Å². The van der Waals surface area contributed by atoms with Crippen LogP contribution in [0.15, 0.2) is 71.9 Å². The predicted molar refractivity (Wildman–Crippen MR) is 114 cm³/mol. The number of hydrogen-bond donors (Lipinski definition) is 1. The fourth-order valence-corrected chi connectivity index (χ4v) is 4.38. The number of methoxy groups -OCH3 is 1. The summed E-state index contributed by atoms with van der Waals surface area (Å²) >= 11 is 0. The van der Waals surface area contributed by atoms with Crippen molar-refractivity contribution in [2.45, 2.75) is 18.7 Å². The van der Waals surface area contributed by atoms with E-state index in [1.54, 1.807) is 31.4 Å². The SMILES string of the molecule is COc1ccc(S(=O)(=O)Nc2ccc(-c3cn4cccc(C)c4n3)cc2)cc1C. The van der Waals surface area contributed by atoms with E-state index in [4.69, 9.17) is 4.74 Å². The van der Waals surface area contributed by atoms with Crippen molar-refractivity contribution in [3.8, 4) is 17.0 Å². The van der Waals surface area contributed by atoms with Crippen molar-refractivity contribution < 1.29 is 13.2 Å². The molecule has 0 aliphatic rings. The summed E-state index contributed by atoms with van der Waals surface area (Å²) in [6, 6.07) is 16.0. The summed E-state index contributed by atoms with van der Waals surface area (Å²) < 4.78 is 35.2. The van der Waals surface area contributed by atoms with Crippen LogP contribution in [0.25, 0.3) is 16.9 Å². The maximum Gasteiger partial charge on any atom is 0.261 e. The molecule has 29 heavy (non-hydrogen) atoms. The third kappa shape index (κ3) is 3.69. The van der Waals surface area contributed by atoms with Gasteiger partial charge < -0.3 is 9.14 Å². The minimum absolute atomic E-state index is 0.190. The Hall–Kier alpha value is -3.32. The first-order valence-corrected chi connectivity index (χ1v) is 10.6. The van der Waals surface area contributed by atoms with Crippen LogP contribution in [0.4, 0.5) is 5.69 Å². The predicted octanol–water partition coefficient (Wildman–Crippen LogP) is 4.43. The van der Waals surface area contributed by atoms with Crippen molar-refractivity contribution in [3.63, 3.8) is 0 Å². The van der Waals surface area contributed by atoms with E-state index >= 15 is 0 Å². The summed E-state index contributed by atoms with van der Waals surface area (Å²) in [5, 5.41) is 0. The second kappa shape index (κ2) is 7.25. The molecule has 1 N–H and O–H groups in total. The van der Waals surface area contributed by atoms with Gasteiger partial charge in [-0.3, -0.25) is 4.72 Å². The van der Waals surface area contributed by atoms with E-state index in [2.05, 4.69) is 9.71 Å². The molecule has 0 saturated heterocycles.